The zero-order valence-corrected chi connectivity index (χ0v) is 22.6. The number of carbonyl (C=O) groups excluding carboxylic acids is 2. The van der Waals surface area contributed by atoms with Gasteiger partial charge < -0.3 is 29.8 Å². The Kier molecular flexibility index (Phi) is 8.09. The Morgan fingerprint density at radius 2 is 1.88 bits per heavy atom. The molecule has 2 atom stereocenters. The molecule has 1 aliphatic rings. The highest BCUT2D eigenvalue weighted by Crippen LogP contribution is 2.37. The number of halogens is 3. The van der Waals surface area contributed by atoms with E-state index in [2.05, 4.69) is 20.3 Å². The molecule has 42 heavy (non-hydrogen) atoms. The van der Waals surface area contributed by atoms with E-state index in [4.69, 9.17) is 19.6 Å². The van der Waals surface area contributed by atoms with Gasteiger partial charge in [-0.25, -0.2) is 9.97 Å². The minimum Gasteiger partial charge on any atom is -0.494 e. The van der Waals surface area contributed by atoms with Crippen LogP contribution in [0.15, 0.2) is 53.2 Å². The quantitative estimate of drug-likeness (QED) is 0.332. The van der Waals surface area contributed by atoms with Crippen LogP contribution in [0.5, 0.6) is 5.75 Å². The van der Waals surface area contributed by atoms with Crippen molar-refractivity contribution in [3.05, 3.63) is 71.5 Å². The lowest BCUT2D eigenvalue weighted by Gasteiger charge is -2.30. The Morgan fingerprint density at radius 1 is 1.12 bits per heavy atom. The van der Waals surface area contributed by atoms with Crippen molar-refractivity contribution < 1.29 is 36.7 Å². The molecule has 14 heteroatoms. The Labute approximate surface area is 237 Å². The summed E-state index contributed by atoms with van der Waals surface area (Å²) in [6.07, 6.45) is -1.64. The maximum atomic E-state index is 13.6. The normalized spacial score (nSPS) is 15.3. The predicted molar refractivity (Wildman–Crippen MR) is 143 cm³/mol. The molecular weight excluding hydrogens is 557 g/mol. The molecule has 0 spiro atoms. The molecule has 0 saturated carbocycles. The highest BCUT2D eigenvalue weighted by molar-refractivity contribution is 5.99. The van der Waals surface area contributed by atoms with Gasteiger partial charge in [-0.1, -0.05) is 6.07 Å². The minimum absolute atomic E-state index is 0.0232. The number of benzene rings is 1. The first kappa shape index (κ1) is 29.0. The monoisotopic (exact) mass is 584 g/mol. The number of carbonyl (C=O) groups is 2. The Balaban J connectivity index is 1.54. The molecule has 1 unspecified atom stereocenters. The number of oxazole rings is 1. The molecule has 1 saturated heterocycles. The molecule has 1 aliphatic heterocycles. The maximum absolute atomic E-state index is 13.6. The van der Waals surface area contributed by atoms with Crippen molar-refractivity contribution in [2.45, 2.75) is 25.2 Å². The second-order valence-electron chi connectivity index (χ2n) is 9.56. The third-order valence-electron chi connectivity index (χ3n) is 6.71. The number of nitrogens with two attached hydrogens (primary N) is 1. The summed E-state index contributed by atoms with van der Waals surface area (Å²) in [4.78, 5) is 40.9. The molecule has 3 aromatic heterocycles. The summed E-state index contributed by atoms with van der Waals surface area (Å²) in [7, 11) is 1.31. The Bertz CT molecular complexity index is 1600. The molecule has 0 radical (unpaired) electrons. The summed E-state index contributed by atoms with van der Waals surface area (Å²) in [5.74, 6) is -1.02. The molecule has 220 valence electrons. The van der Waals surface area contributed by atoms with Crippen LogP contribution in [0.25, 0.3) is 22.4 Å². The van der Waals surface area contributed by atoms with E-state index in [0.717, 1.165) is 6.07 Å². The smallest absolute Gasteiger partial charge is 0.433 e. The van der Waals surface area contributed by atoms with Crippen LogP contribution in [0.3, 0.4) is 0 Å². The molecule has 4 heterocycles. The van der Waals surface area contributed by atoms with Crippen LogP contribution < -0.4 is 15.8 Å². The van der Waals surface area contributed by atoms with Gasteiger partial charge >= 0.3 is 6.18 Å². The molecular formula is C28H27F3N6O5. The van der Waals surface area contributed by atoms with E-state index in [1.807, 2.05) is 0 Å². The summed E-state index contributed by atoms with van der Waals surface area (Å²) in [6.45, 7) is 3.05. The standard InChI is InChI=1S/C28H27F3N6O5/c1-15(32)24-23(25(38)35-21(16-4-3-9-33-14-16)27(39)37-10-12-41-13-11-37)36-26(42-24)18-5-7-19(40-2)22-17(18)6-8-20(34-22)28(29,30)31/h3-9,14-15,21H,10-13,32H2,1-2H3,(H,35,38)/t15-,21?/m0/s1. The summed E-state index contributed by atoms with van der Waals surface area (Å²) in [5, 5.41) is 2.99. The molecule has 3 N–H and O–H groups in total. The van der Waals surface area contributed by atoms with Gasteiger partial charge in [0.15, 0.2) is 11.5 Å². The SMILES string of the molecule is COc1ccc(-c2nc(C(=O)NC(C(=O)N3CCOCC3)c3cccnc3)c([C@H](C)N)o2)c2ccc(C(F)(F)F)nc12. The van der Waals surface area contributed by atoms with Crippen LogP contribution in [0.1, 0.15) is 46.5 Å². The van der Waals surface area contributed by atoms with E-state index in [9.17, 15) is 22.8 Å². The van der Waals surface area contributed by atoms with Gasteiger partial charge in [0.1, 0.15) is 23.0 Å². The fourth-order valence-electron chi connectivity index (χ4n) is 4.62. The fourth-order valence-corrected chi connectivity index (χ4v) is 4.62. The number of pyridine rings is 2. The first-order valence-corrected chi connectivity index (χ1v) is 13.0. The average Bonchev–Trinajstić information content (AvgIpc) is 3.45. The van der Waals surface area contributed by atoms with Crippen LogP contribution in [-0.4, -0.2) is 65.1 Å². The van der Waals surface area contributed by atoms with Gasteiger partial charge in [-0.15, -0.1) is 0 Å². The van der Waals surface area contributed by atoms with E-state index in [1.54, 1.807) is 30.2 Å². The average molecular weight is 585 g/mol. The first-order valence-electron chi connectivity index (χ1n) is 13.0. The van der Waals surface area contributed by atoms with Crippen molar-refractivity contribution in [1.82, 2.24) is 25.2 Å². The third-order valence-corrected chi connectivity index (χ3v) is 6.71. The maximum Gasteiger partial charge on any atom is 0.433 e. The summed E-state index contributed by atoms with van der Waals surface area (Å²) in [5.41, 5.74) is 5.51. The summed E-state index contributed by atoms with van der Waals surface area (Å²) < 4.78 is 56.6. The minimum atomic E-state index is -4.67. The number of methoxy groups -OCH3 is 1. The summed E-state index contributed by atoms with van der Waals surface area (Å²) in [6, 6.07) is 6.48. The van der Waals surface area contributed by atoms with E-state index >= 15 is 0 Å². The largest absolute Gasteiger partial charge is 0.494 e. The zero-order chi connectivity index (χ0) is 30.0. The molecule has 11 nitrogen and oxygen atoms in total. The van der Waals surface area contributed by atoms with Crippen molar-refractivity contribution >= 4 is 22.7 Å². The van der Waals surface area contributed by atoms with Gasteiger partial charge in [-0.3, -0.25) is 14.6 Å². The Hall–Kier alpha value is -4.56. The van der Waals surface area contributed by atoms with Gasteiger partial charge in [0, 0.05) is 42.0 Å². The third kappa shape index (κ3) is 5.76. The second kappa shape index (κ2) is 11.7. The topological polar surface area (TPSA) is 146 Å². The van der Waals surface area contributed by atoms with Gasteiger partial charge in [-0.2, -0.15) is 13.2 Å². The first-order chi connectivity index (χ1) is 20.1. The van der Waals surface area contributed by atoms with Gasteiger partial charge in [-0.05, 0) is 37.3 Å². The number of nitrogens with zero attached hydrogens (tertiary/aromatic N) is 4. The number of hydrogen-bond acceptors (Lipinski definition) is 9. The molecule has 1 aromatic carbocycles. The second-order valence-corrected chi connectivity index (χ2v) is 9.56. The number of rotatable bonds is 7. The fraction of sp³-hybridized carbons (Fsp3) is 0.321. The van der Waals surface area contributed by atoms with Crippen LogP contribution in [0, 0.1) is 0 Å². The zero-order valence-electron chi connectivity index (χ0n) is 22.6. The molecule has 4 aromatic rings. The van der Waals surface area contributed by atoms with Gasteiger partial charge in [0.05, 0.1) is 26.4 Å². The highest BCUT2D eigenvalue weighted by Gasteiger charge is 2.34. The number of morpholine rings is 1. The molecule has 2 amide bonds. The van der Waals surface area contributed by atoms with E-state index in [1.165, 1.54) is 31.5 Å². The van der Waals surface area contributed by atoms with E-state index in [-0.39, 0.29) is 45.5 Å². The van der Waals surface area contributed by atoms with Crippen molar-refractivity contribution in [3.63, 3.8) is 0 Å². The number of ether oxygens (including phenoxy) is 2. The van der Waals surface area contributed by atoms with Crippen LogP contribution >= 0.6 is 0 Å². The number of amides is 2. The lowest BCUT2D eigenvalue weighted by atomic mass is 10.1. The van der Waals surface area contributed by atoms with Crippen molar-refractivity contribution in [2.24, 2.45) is 5.73 Å². The molecule has 1 fully saturated rings. The Morgan fingerprint density at radius 3 is 2.52 bits per heavy atom. The lowest BCUT2D eigenvalue weighted by molar-refractivity contribution is -0.141. The molecule has 0 bridgehead atoms. The van der Waals surface area contributed by atoms with Crippen LogP contribution in [-0.2, 0) is 15.7 Å². The number of hydrogen-bond donors (Lipinski definition) is 2. The van der Waals surface area contributed by atoms with Crippen molar-refractivity contribution in [1.29, 1.82) is 0 Å². The van der Waals surface area contributed by atoms with Gasteiger partial charge in [0.25, 0.3) is 5.91 Å². The summed E-state index contributed by atoms with van der Waals surface area (Å²) >= 11 is 0. The van der Waals surface area contributed by atoms with Crippen molar-refractivity contribution in [3.8, 4) is 17.2 Å². The van der Waals surface area contributed by atoms with Crippen LogP contribution in [0.4, 0.5) is 13.2 Å². The van der Waals surface area contributed by atoms with Crippen LogP contribution in [0.2, 0.25) is 0 Å². The van der Waals surface area contributed by atoms with Gasteiger partial charge in [0.2, 0.25) is 11.8 Å². The highest BCUT2D eigenvalue weighted by atomic mass is 19.4. The van der Waals surface area contributed by atoms with E-state index in [0.29, 0.717) is 31.9 Å². The van der Waals surface area contributed by atoms with E-state index < -0.39 is 29.9 Å². The lowest BCUT2D eigenvalue weighted by Crippen LogP contribution is -2.47. The van der Waals surface area contributed by atoms with Crippen molar-refractivity contribution in [2.75, 3.05) is 33.4 Å². The number of alkyl halides is 3. The molecule has 0 aliphatic carbocycles. The predicted octanol–water partition coefficient (Wildman–Crippen LogP) is 3.66. The molecule has 5 rings (SSSR count). The number of nitrogens with one attached hydrogen (secondary N) is 1. The number of aromatic nitrogens is 3. The number of fused-ring (bicyclic) bond motifs is 1.